The molecule has 0 aliphatic heterocycles. The van der Waals surface area contributed by atoms with Gasteiger partial charge < -0.3 is 9.52 Å². The van der Waals surface area contributed by atoms with E-state index in [1.807, 2.05) is 0 Å². The van der Waals surface area contributed by atoms with Gasteiger partial charge in [0.15, 0.2) is 16.3 Å². The zero-order chi connectivity index (χ0) is 11.7. The van der Waals surface area contributed by atoms with Gasteiger partial charge in [0, 0.05) is 5.56 Å². The number of hydrogen-bond donors (Lipinski definition) is 1. The van der Waals surface area contributed by atoms with Crippen LogP contribution in [-0.4, -0.2) is 5.11 Å². The highest BCUT2D eigenvalue weighted by Crippen LogP contribution is 2.28. The first-order valence-corrected chi connectivity index (χ1v) is 5.26. The van der Waals surface area contributed by atoms with Crippen LogP contribution in [0, 0.1) is 11.6 Å². The lowest BCUT2D eigenvalue weighted by Gasteiger charge is -2.09. The Hall–Kier alpha value is -1.20. The second kappa shape index (κ2) is 4.35. The fraction of sp³-hybridized carbons (Fsp3) is 0.0909. The standard InChI is InChI=1S/C11H7BrF2O2/c12-9-5-4-8(16-9)11(15)6-2-1-3-7(13)10(6)14/h1-5,11,15H. The highest BCUT2D eigenvalue weighted by Gasteiger charge is 2.20. The van der Waals surface area contributed by atoms with Crippen LogP contribution in [0.3, 0.4) is 0 Å². The molecule has 2 rings (SSSR count). The summed E-state index contributed by atoms with van der Waals surface area (Å²) in [6.45, 7) is 0. The topological polar surface area (TPSA) is 33.4 Å². The van der Waals surface area contributed by atoms with E-state index in [0.29, 0.717) is 4.67 Å². The zero-order valence-corrected chi connectivity index (χ0v) is 9.54. The van der Waals surface area contributed by atoms with Crippen LogP contribution in [0.2, 0.25) is 0 Å². The second-order valence-corrected chi connectivity index (χ2v) is 3.97. The molecule has 5 heteroatoms. The van der Waals surface area contributed by atoms with E-state index < -0.39 is 17.7 Å². The summed E-state index contributed by atoms with van der Waals surface area (Å²) in [6.07, 6.45) is -1.32. The smallest absolute Gasteiger partial charge is 0.169 e. The molecule has 0 saturated carbocycles. The van der Waals surface area contributed by atoms with E-state index in [4.69, 9.17) is 4.42 Å². The van der Waals surface area contributed by atoms with Crippen molar-refractivity contribution >= 4 is 15.9 Å². The van der Waals surface area contributed by atoms with Crippen molar-refractivity contribution in [1.29, 1.82) is 0 Å². The number of aliphatic hydroxyl groups is 1. The average Bonchev–Trinajstić information content (AvgIpc) is 2.68. The van der Waals surface area contributed by atoms with E-state index in [-0.39, 0.29) is 11.3 Å². The summed E-state index contributed by atoms with van der Waals surface area (Å²) >= 11 is 3.06. The first kappa shape index (κ1) is 11.3. The number of hydrogen-bond acceptors (Lipinski definition) is 2. The zero-order valence-electron chi connectivity index (χ0n) is 7.95. The van der Waals surface area contributed by atoms with Gasteiger partial charge in [-0.2, -0.15) is 0 Å². The SMILES string of the molecule is OC(c1ccc(Br)o1)c1cccc(F)c1F. The summed E-state index contributed by atoms with van der Waals surface area (Å²) in [5.41, 5.74) is -0.151. The third-order valence-electron chi connectivity index (χ3n) is 2.14. The van der Waals surface area contributed by atoms with Crippen molar-refractivity contribution in [1.82, 2.24) is 0 Å². The van der Waals surface area contributed by atoms with E-state index in [1.165, 1.54) is 18.2 Å². The van der Waals surface area contributed by atoms with E-state index in [9.17, 15) is 13.9 Å². The van der Waals surface area contributed by atoms with Crippen molar-refractivity contribution in [3.63, 3.8) is 0 Å². The Morgan fingerprint density at radius 1 is 1.19 bits per heavy atom. The molecule has 0 fully saturated rings. The summed E-state index contributed by atoms with van der Waals surface area (Å²) < 4.78 is 31.8. The molecule has 84 valence electrons. The van der Waals surface area contributed by atoms with E-state index in [1.54, 1.807) is 6.07 Å². The van der Waals surface area contributed by atoms with Crippen molar-refractivity contribution < 1.29 is 18.3 Å². The van der Waals surface area contributed by atoms with Crippen molar-refractivity contribution in [3.8, 4) is 0 Å². The molecule has 1 heterocycles. The van der Waals surface area contributed by atoms with E-state index in [0.717, 1.165) is 6.07 Å². The van der Waals surface area contributed by atoms with Crippen LogP contribution < -0.4 is 0 Å². The lowest BCUT2D eigenvalue weighted by Crippen LogP contribution is -2.02. The van der Waals surface area contributed by atoms with Crippen molar-refractivity contribution in [2.45, 2.75) is 6.10 Å². The predicted molar refractivity (Wildman–Crippen MR) is 56.8 cm³/mol. The highest BCUT2D eigenvalue weighted by atomic mass is 79.9. The third kappa shape index (κ3) is 2.01. The van der Waals surface area contributed by atoms with Gasteiger partial charge in [0.1, 0.15) is 11.9 Å². The van der Waals surface area contributed by atoms with Crippen LogP contribution in [-0.2, 0) is 0 Å². The van der Waals surface area contributed by atoms with Crippen molar-refractivity contribution in [2.75, 3.05) is 0 Å². The number of halogens is 3. The normalized spacial score (nSPS) is 12.8. The predicted octanol–water partition coefficient (Wildman–Crippen LogP) is 3.40. The molecule has 0 spiro atoms. The van der Waals surface area contributed by atoms with Crippen LogP contribution >= 0.6 is 15.9 Å². The monoisotopic (exact) mass is 288 g/mol. The van der Waals surface area contributed by atoms with Gasteiger partial charge in [-0.3, -0.25) is 0 Å². The van der Waals surface area contributed by atoms with Gasteiger partial charge in [-0.1, -0.05) is 12.1 Å². The van der Waals surface area contributed by atoms with Gasteiger partial charge in [0.2, 0.25) is 0 Å². The largest absolute Gasteiger partial charge is 0.451 e. The van der Waals surface area contributed by atoms with Gasteiger partial charge in [0.05, 0.1) is 0 Å². The molecular formula is C11H7BrF2O2. The first-order chi connectivity index (χ1) is 7.59. The Kier molecular flexibility index (Phi) is 3.07. The van der Waals surface area contributed by atoms with Crippen molar-refractivity contribution in [2.24, 2.45) is 0 Å². The van der Waals surface area contributed by atoms with Crippen LogP contribution in [0.5, 0.6) is 0 Å². The number of aliphatic hydroxyl groups excluding tert-OH is 1. The van der Waals surface area contributed by atoms with Gasteiger partial charge >= 0.3 is 0 Å². The summed E-state index contributed by atoms with van der Waals surface area (Å²) in [7, 11) is 0. The van der Waals surface area contributed by atoms with E-state index in [2.05, 4.69) is 15.9 Å². The summed E-state index contributed by atoms with van der Waals surface area (Å²) in [5, 5.41) is 9.79. The molecule has 1 atom stereocenters. The summed E-state index contributed by atoms with van der Waals surface area (Å²) in [6, 6.07) is 6.67. The molecule has 0 aliphatic carbocycles. The second-order valence-electron chi connectivity index (χ2n) is 3.19. The quantitative estimate of drug-likeness (QED) is 0.919. The number of benzene rings is 1. The Morgan fingerprint density at radius 2 is 1.94 bits per heavy atom. The van der Waals surface area contributed by atoms with Crippen molar-refractivity contribution in [3.05, 3.63) is 58.0 Å². The maximum Gasteiger partial charge on any atom is 0.169 e. The molecule has 2 nitrogen and oxygen atoms in total. The lowest BCUT2D eigenvalue weighted by molar-refractivity contribution is 0.182. The summed E-state index contributed by atoms with van der Waals surface area (Å²) in [5.74, 6) is -1.92. The van der Waals surface area contributed by atoms with Crippen LogP contribution in [0.15, 0.2) is 39.4 Å². The highest BCUT2D eigenvalue weighted by molar-refractivity contribution is 9.10. The number of furan rings is 1. The number of rotatable bonds is 2. The molecule has 2 aromatic rings. The van der Waals surface area contributed by atoms with Crippen LogP contribution in [0.25, 0.3) is 0 Å². The lowest BCUT2D eigenvalue weighted by atomic mass is 10.1. The van der Waals surface area contributed by atoms with Gasteiger partial charge in [0.25, 0.3) is 0 Å². The molecule has 0 bridgehead atoms. The molecule has 0 aliphatic rings. The molecular weight excluding hydrogens is 282 g/mol. The minimum Gasteiger partial charge on any atom is -0.451 e. The van der Waals surface area contributed by atoms with Crippen LogP contribution in [0.1, 0.15) is 17.4 Å². The molecule has 16 heavy (non-hydrogen) atoms. The Labute approximate surface area is 98.6 Å². The first-order valence-electron chi connectivity index (χ1n) is 4.47. The van der Waals surface area contributed by atoms with Crippen LogP contribution in [0.4, 0.5) is 8.78 Å². The molecule has 0 saturated heterocycles. The molecule has 1 unspecified atom stereocenters. The Morgan fingerprint density at radius 3 is 2.56 bits per heavy atom. The molecule has 1 aromatic heterocycles. The fourth-order valence-corrected chi connectivity index (χ4v) is 1.68. The average molecular weight is 289 g/mol. The third-order valence-corrected chi connectivity index (χ3v) is 2.57. The van der Waals surface area contributed by atoms with Gasteiger partial charge in [-0.15, -0.1) is 0 Å². The van der Waals surface area contributed by atoms with Gasteiger partial charge in [-0.05, 0) is 34.1 Å². The Balaban J connectivity index is 2.41. The fourth-order valence-electron chi connectivity index (χ4n) is 1.36. The maximum absolute atomic E-state index is 13.4. The minimum atomic E-state index is -1.32. The molecule has 1 aromatic carbocycles. The molecule has 0 amide bonds. The summed E-state index contributed by atoms with van der Waals surface area (Å²) in [4.78, 5) is 0. The molecule has 0 radical (unpaired) electrons. The minimum absolute atomic E-state index is 0.149. The molecule has 1 N–H and O–H groups in total. The Bertz CT molecular complexity index is 510. The van der Waals surface area contributed by atoms with E-state index >= 15 is 0 Å². The van der Waals surface area contributed by atoms with Gasteiger partial charge in [-0.25, -0.2) is 8.78 Å². The maximum atomic E-state index is 13.4.